The van der Waals surface area contributed by atoms with Crippen molar-refractivity contribution in [2.45, 2.75) is 56.2 Å². The number of alkyl halides is 2. The van der Waals surface area contributed by atoms with Gasteiger partial charge < -0.3 is 4.74 Å². The Kier molecular flexibility index (Phi) is 6.53. The van der Waals surface area contributed by atoms with Crippen LogP contribution in [0.3, 0.4) is 0 Å². The molecule has 0 saturated heterocycles. The van der Waals surface area contributed by atoms with Gasteiger partial charge in [0.05, 0.1) is 10.6 Å². The first-order valence-electron chi connectivity index (χ1n) is 9.51. The van der Waals surface area contributed by atoms with Crippen molar-refractivity contribution in [3.63, 3.8) is 0 Å². The van der Waals surface area contributed by atoms with E-state index in [1.165, 1.54) is 43.2 Å². The third-order valence-electron chi connectivity index (χ3n) is 5.40. The molecule has 1 nitrogen and oxygen atoms in total. The standard InChI is InChI=1S/C21H24ClF3OSi/c1-2-27-18-10-5-15(6-11-18)14-3-7-16(8-4-14)21(24,25)26-17-9-12-19(22)20(23)13-17/h3-4,7-9,12-13,15,18H,2,5-6,10-11,27H2,1H3. The molecule has 0 unspecified atom stereocenters. The number of benzene rings is 2. The summed E-state index contributed by atoms with van der Waals surface area (Å²) in [6.07, 6.45) is 1.30. The summed E-state index contributed by atoms with van der Waals surface area (Å²) in [5, 5.41) is -0.133. The second-order valence-electron chi connectivity index (χ2n) is 7.32. The van der Waals surface area contributed by atoms with Gasteiger partial charge in [0.25, 0.3) is 0 Å². The summed E-state index contributed by atoms with van der Waals surface area (Å²) in [5.41, 5.74) is 1.82. The maximum atomic E-state index is 14.4. The summed E-state index contributed by atoms with van der Waals surface area (Å²) in [5.74, 6) is -0.590. The van der Waals surface area contributed by atoms with Gasteiger partial charge in [-0.1, -0.05) is 55.1 Å². The summed E-state index contributed by atoms with van der Waals surface area (Å²) < 4.78 is 47.0. The van der Waals surface area contributed by atoms with E-state index in [1.807, 2.05) is 0 Å². The number of hydrogen-bond donors (Lipinski definition) is 0. The van der Waals surface area contributed by atoms with Crippen LogP contribution in [0.5, 0.6) is 5.75 Å². The molecule has 6 heteroatoms. The zero-order valence-corrected chi connectivity index (χ0v) is 17.5. The van der Waals surface area contributed by atoms with Gasteiger partial charge in [-0.3, -0.25) is 0 Å². The fourth-order valence-corrected chi connectivity index (χ4v) is 5.87. The molecule has 0 aliphatic heterocycles. The third-order valence-corrected chi connectivity index (χ3v) is 7.92. The van der Waals surface area contributed by atoms with Crippen LogP contribution in [0.4, 0.5) is 13.2 Å². The monoisotopic (exact) mass is 412 g/mol. The van der Waals surface area contributed by atoms with Crippen LogP contribution in [0, 0.1) is 5.82 Å². The van der Waals surface area contributed by atoms with Gasteiger partial charge in [-0.15, -0.1) is 0 Å². The van der Waals surface area contributed by atoms with E-state index in [-0.39, 0.29) is 25.9 Å². The van der Waals surface area contributed by atoms with E-state index in [4.69, 9.17) is 16.3 Å². The average molecular weight is 413 g/mol. The van der Waals surface area contributed by atoms with Gasteiger partial charge in [0.15, 0.2) is 0 Å². The molecule has 1 saturated carbocycles. The van der Waals surface area contributed by atoms with Crippen LogP contribution in [0.1, 0.15) is 49.7 Å². The lowest BCUT2D eigenvalue weighted by Crippen LogP contribution is -2.22. The second kappa shape index (κ2) is 8.70. The van der Waals surface area contributed by atoms with E-state index < -0.39 is 11.9 Å². The molecule has 0 spiro atoms. The maximum Gasteiger partial charge on any atom is 0.426 e. The van der Waals surface area contributed by atoms with Gasteiger partial charge in [-0.2, -0.15) is 8.78 Å². The third kappa shape index (κ3) is 5.08. The lowest BCUT2D eigenvalue weighted by atomic mass is 9.83. The number of ether oxygens (including phenoxy) is 1. The Balaban J connectivity index is 1.66. The Bertz CT molecular complexity index is 759. The summed E-state index contributed by atoms with van der Waals surface area (Å²) in [4.78, 5) is 0. The van der Waals surface area contributed by atoms with Gasteiger partial charge in [0.2, 0.25) is 0 Å². The molecule has 2 aromatic carbocycles. The van der Waals surface area contributed by atoms with Crippen molar-refractivity contribution >= 4 is 21.1 Å². The number of halogens is 4. The lowest BCUT2D eigenvalue weighted by molar-refractivity contribution is -0.185. The number of hydrogen-bond acceptors (Lipinski definition) is 1. The summed E-state index contributed by atoms with van der Waals surface area (Å²) >= 11 is 5.57. The van der Waals surface area contributed by atoms with Crippen molar-refractivity contribution in [1.29, 1.82) is 0 Å². The first-order valence-corrected chi connectivity index (χ1v) is 11.7. The van der Waals surface area contributed by atoms with E-state index in [9.17, 15) is 13.2 Å². The highest BCUT2D eigenvalue weighted by molar-refractivity contribution is 6.37. The second-order valence-corrected chi connectivity index (χ2v) is 10.5. The fourth-order valence-electron chi connectivity index (χ4n) is 3.89. The molecule has 2 aromatic rings. The molecular weight excluding hydrogens is 389 g/mol. The Morgan fingerprint density at radius 2 is 1.74 bits per heavy atom. The normalized spacial score (nSPS) is 20.9. The van der Waals surface area contributed by atoms with E-state index in [0.29, 0.717) is 5.92 Å². The molecule has 0 heterocycles. The lowest BCUT2D eigenvalue weighted by Gasteiger charge is -2.28. The first-order chi connectivity index (χ1) is 12.9. The topological polar surface area (TPSA) is 9.23 Å². The van der Waals surface area contributed by atoms with Crippen LogP contribution in [0.25, 0.3) is 0 Å². The predicted molar refractivity (Wildman–Crippen MR) is 106 cm³/mol. The summed E-state index contributed by atoms with van der Waals surface area (Å²) in [7, 11) is 0.0632. The van der Waals surface area contributed by atoms with Crippen LogP contribution in [0.15, 0.2) is 42.5 Å². The van der Waals surface area contributed by atoms with Crippen molar-refractivity contribution < 1.29 is 17.9 Å². The fraction of sp³-hybridized carbons (Fsp3) is 0.429. The van der Waals surface area contributed by atoms with Crippen molar-refractivity contribution in [3.8, 4) is 5.75 Å². The molecule has 1 fully saturated rings. The minimum atomic E-state index is -3.54. The van der Waals surface area contributed by atoms with Gasteiger partial charge in [-0.05, 0) is 48.6 Å². The minimum Gasteiger partial charge on any atom is -0.429 e. The molecule has 0 N–H and O–H groups in total. The van der Waals surface area contributed by atoms with Gasteiger partial charge in [0, 0.05) is 15.6 Å². The highest BCUT2D eigenvalue weighted by Gasteiger charge is 2.35. The van der Waals surface area contributed by atoms with E-state index in [0.717, 1.165) is 30.0 Å². The molecule has 0 aromatic heterocycles. The molecule has 0 bridgehead atoms. The summed E-state index contributed by atoms with van der Waals surface area (Å²) in [6.45, 7) is 2.28. The Hall–Kier alpha value is -1.46. The van der Waals surface area contributed by atoms with Crippen LogP contribution < -0.4 is 4.74 Å². The largest absolute Gasteiger partial charge is 0.429 e. The molecule has 146 valence electrons. The highest BCUT2D eigenvalue weighted by Crippen LogP contribution is 2.39. The van der Waals surface area contributed by atoms with Gasteiger partial charge >= 0.3 is 6.11 Å². The average Bonchev–Trinajstić information content (AvgIpc) is 2.66. The van der Waals surface area contributed by atoms with Crippen LogP contribution >= 0.6 is 11.6 Å². The molecule has 3 rings (SSSR count). The van der Waals surface area contributed by atoms with Crippen LogP contribution in [-0.4, -0.2) is 9.52 Å². The summed E-state index contributed by atoms with van der Waals surface area (Å²) in [6, 6.07) is 11.0. The zero-order valence-electron chi connectivity index (χ0n) is 15.4. The molecule has 27 heavy (non-hydrogen) atoms. The number of rotatable bonds is 6. The molecule has 0 amide bonds. The minimum absolute atomic E-state index is 0.0632. The smallest absolute Gasteiger partial charge is 0.426 e. The van der Waals surface area contributed by atoms with E-state index in [2.05, 4.69) is 6.92 Å². The molecular formula is C21H24ClF3OSi. The van der Waals surface area contributed by atoms with Crippen molar-refractivity contribution in [2.75, 3.05) is 0 Å². The van der Waals surface area contributed by atoms with Crippen molar-refractivity contribution in [2.24, 2.45) is 0 Å². The Labute approximate surface area is 165 Å². The first kappa shape index (κ1) is 20.3. The molecule has 0 radical (unpaired) electrons. The van der Waals surface area contributed by atoms with Crippen molar-refractivity contribution in [1.82, 2.24) is 0 Å². The molecule has 1 aliphatic rings. The quantitative estimate of drug-likeness (QED) is 0.482. The SMILES string of the molecule is CC[SiH2]C1CCC(c2ccc(C(F)(F)Oc3ccc(Cl)c(F)c3)cc2)CC1. The Morgan fingerprint density at radius 1 is 1.07 bits per heavy atom. The van der Waals surface area contributed by atoms with Crippen LogP contribution in [-0.2, 0) is 6.11 Å². The van der Waals surface area contributed by atoms with Gasteiger partial charge in [-0.25, -0.2) is 4.39 Å². The predicted octanol–water partition coefficient (Wildman–Crippen LogP) is 6.66. The zero-order chi connectivity index (χ0) is 19.4. The maximum absolute atomic E-state index is 14.4. The highest BCUT2D eigenvalue weighted by atomic mass is 35.5. The molecule has 0 atom stereocenters. The van der Waals surface area contributed by atoms with Gasteiger partial charge in [0.1, 0.15) is 11.6 Å². The van der Waals surface area contributed by atoms with Crippen molar-refractivity contribution in [3.05, 3.63) is 64.4 Å². The molecule has 1 aliphatic carbocycles. The van der Waals surface area contributed by atoms with E-state index in [1.54, 1.807) is 12.1 Å². The Morgan fingerprint density at radius 3 is 2.33 bits per heavy atom. The van der Waals surface area contributed by atoms with Crippen LogP contribution in [0.2, 0.25) is 16.6 Å². The van der Waals surface area contributed by atoms with E-state index >= 15 is 0 Å².